The molecular formula is C18H22N2O5. The number of aliphatic carboxylic acids is 2. The zero-order chi connectivity index (χ0) is 18.2. The summed E-state index contributed by atoms with van der Waals surface area (Å²) in [5, 5.41) is 22.8. The highest BCUT2D eigenvalue weighted by Gasteiger charge is 2.70. The molecule has 2 aliphatic rings. The van der Waals surface area contributed by atoms with Gasteiger partial charge in [0.25, 0.3) is 0 Å². The van der Waals surface area contributed by atoms with Crippen molar-refractivity contribution in [2.45, 2.75) is 50.4 Å². The summed E-state index contributed by atoms with van der Waals surface area (Å²) >= 11 is 0. The fourth-order valence-corrected chi connectivity index (χ4v) is 4.64. The number of hydrogen-bond acceptors (Lipinski definition) is 4. The molecule has 0 radical (unpaired) electrons. The summed E-state index contributed by atoms with van der Waals surface area (Å²) in [4.78, 5) is 36.8. The Morgan fingerprint density at radius 3 is 2.52 bits per heavy atom. The maximum absolute atomic E-state index is 12.2. The highest BCUT2D eigenvalue weighted by Crippen LogP contribution is 2.57. The van der Waals surface area contributed by atoms with Gasteiger partial charge in [0.2, 0.25) is 6.41 Å². The molecule has 0 spiro atoms. The Bertz CT molecular complexity index is 694. The average Bonchev–Trinajstić information content (AvgIpc) is 3.07. The Labute approximate surface area is 145 Å². The predicted octanol–water partition coefficient (Wildman–Crippen LogP) is 1.60. The van der Waals surface area contributed by atoms with Crippen molar-refractivity contribution in [2.75, 3.05) is 0 Å². The number of amides is 1. The minimum absolute atomic E-state index is 0.0785. The van der Waals surface area contributed by atoms with E-state index in [9.17, 15) is 24.6 Å². The van der Waals surface area contributed by atoms with E-state index >= 15 is 0 Å². The van der Waals surface area contributed by atoms with Gasteiger partial charge in [0.1, 0.15) is 17.1 Å². The highest BCUT2D eigenvalue weighted by molar-refractivity contribution is 5.85. The first-order chi connectivity index (χ1) is 11.9. The second-order valence-corrected chi connectivity index (χ2v) is 6.95. The molecule has 3 rings (SSSR count). The van der Waals surface area contributed by atoms with E-state index in [4.69, 9.17) is 0 Å². The molecule has 1 aromatic carbocycles. The maximum Gasteiger partial charge on any atom is 0.326 e. The number of nitrogens with one attached hydrogen (secondary N) is 1. The predicted molar refractivity (Wildman–Crippen MR) is 88.6 cm³/mol. The monoisotopic (exact) mass is 346 g/mol. The Balaban J connectivity index is 2.05. The van der Waals surface area contributed by atoms with Crippen LogP contribution in [0.4, 0.5) is 0 Å². The molecule has 7 heteroatoms. The molecule has 2 unspecified atom stereocenters. The lowest BCUT2D eigenvalue weighted by atomic mass is 9.76. The zero-order valence-corrected chi connectivity index (χ0v) is 14.0. The van der Waals surface area contributed by atoms with Crippen molar-refractivity contribution in [2.24, 2.45) is 5.41 Å². The largest absolute Gasteiger partial charge is 0.481 e. The molecule has 0 aromatic heterocycles. The van der Waals surface area contributed by atoms with Gasteiger partial charge in [-0.1, -0.05) is 30.3 Å². The molecule has 1 saturated heterocycles. The van der Waals surface area contributed by atoms with E-state index in [0.29, 0.717) is 25.7 Å². The first-order valence-corrected chi connectivity index (χ1v) is 8.40. The van der Waals surface area contributed by atoms with E-state index in [0.717, 1.165) is 5.56 Å². The summed E-state index contributed by atoms with van der Waals surface area (Å²) in [5.41, 5.74) is -1.54. The van der Waals surface area contributed by atoms with Gasteiger partial charge >= 0.3 is 11.9 Å². The smallest absolute Gasteiger partial charge is 0.326 e. The van der Waals surface area contributed by atoms with Crippen LogP contribution in [0.3, 0.4) is 0 Å². The van der Waals surface area contributed by atoms with E-state index in [1.807, 2.05) is 37.3 Å². The van der Waals surface area contributed by atoms with Gasteiger partial charge in [-0.25, -0.2) is 4.79 Å². The van der Waals surface area contributed by atoms with Crippen LogP contribution in [0.5, 0.6) is 0 Å². The van der Waals surface area contributed by atoms with Crippen LogP contribution in [0.2, 0.25) is 0 Å². The topological polar surface area (TPSA) is 107 Å². The highest BCUT2D eigenvalue weighted by atomic mass is 16.4. The SMILES string of the molecule is C[C@H](NC12CCCC1(C(=O)O)C[C@@H](C(=O)O)N2C=O)c1ccccc1. The molecule has 3 N–H and O–H groups in total. The summed E-state index contributed by atoms with van der Waals surface area (Å²) < 4.78 is 0. The van der Waals surface area contributed by atoms with Crippen molar-refractivity contribution in [3.05, 3.63) is 35.9 Å². The number of carbonyl (C=O) groups excluding carboxylic acids is 1. The van der Waals surface area contributed by atoms with Crippen molar-refractivity contribution < 1.29 is 24.6 Å². The molecule has 25 heavy (non-hydrogen) atoms. The van der Waals surface area contributed by atoms with Gasteiger partial charge < -0.3 is 15.1 Å². The first-order valence-electron chi connectivity index (χ1n) is 8.40. The molecule has 134 valence electrons. The van der Waals surface area contributed by atoms with Crippen LogP contribution < -0.4 is 5.32 Å². The third kappa shape index (κ3) is 2.41. The molecule has 4 atom stereocenters. The molecule has 0 bridgehead atoms. The summed E-state index contributed by atoms with van der Waals surface area (Å²) in [6, 6.07) is 8.13. The van der Waals surface area contributed by atoms with Crippen LogP contribution in [-0.4, -0.2) is 45.2 Å². The summed E-state index contributed by atoms with van der Waals surface area (Å²) in [6.07, 6.45) is 1.80. The van der Waals surface area contributed by atoms with E-state index in [1.165, 1.54) is 4.90 Å². The van der Waals surface area contributed by atoms with Crippen molar-refractivity contribution in [1.29, 1.82) is 0 Å². The molecule has 1 heterocycles. The Kier molecular flexibility index (Phi) is 4.28. The van der Waals surface area contributed by atoms with Gasteiger partial charge in [-0.2, -0.15) is 0 Å². The lowest BCUT2D eigenvalue weighted by molar-refractivity contribution is -0.157. The summed E-state index contributed by atoms with van der Waals surface area (Å²) in [7, 11) is 0. The number of benzene rings is 1. The fraction of sp³-hybridized carbons (Fsp3) is 0.500. The van der Waals surface area contributed by atoms with Gasteiger partial charge in [0, 0.05) is 6.04 Å². The van der Waals surface area contributed by atoms with Crippen molar-refractivity contribution >= 4 is 18.3 Å². The lowest BCUT2D eigenvalue weighted by Gasteiger charge is -2.44. The number of rotatable bonds is 6. The fourth-order valence-electron chi connectivity index (χ4n) is 4.64. The summed E-state index contributed by atoms with van der Waals surface area (Å²) in [6.45, 7) is 1.89. The third-order valence-electron chi connectivity index (χ3n) is 5.82. The molecule has 1 amide bonds. The number of carbonyl (C=O) groups is 3. The minimum Gasteiger partial charge on any atom is -0.481 e. The number of likely N-dealkylation sites (tertiary alicyclic amines) is 1. The lowest BCUT2D eigenvalue weighted by Crippen LogP contribution is -2.64. The Morgan fingerprint density at radius 2 is 1.96 bits per heavy atom. The van der Waals surface area contributed by atoms with Crippen LogP contribution in [-0.2, 0) is 14.4 Å². The number of fused-ring (bicyclic) bond motifs is 1. The zero-order valence-electron chi connectivity index (χ0n) is 14.0. The standard InChI is InChI=1S/C18H22N2O5/c1-12(13-6-3-2-4-7-13)19-18-9-5-8-17(18,16(24)25)10-14(15(22)23)20(18)11-21/h2-4,6-7,11-12,14,19H,5,8-10H2,1H3,(H,22,23)(H,24,25)/t12-,14-,17?,18?/m0/s1. The van der Waals surface area contributed by atoms with Crippen LogP contribution in [0, 0.1) is 5.41 Å². The molecule has 1 aliphatic heterocycles. The van der Waals surface area contributed by atoms with Gasteiger partial charge in [-0.05, 0) is 38.2 Å². The number of nitrogens with zero attached hydrogens (tertiary/aromatic N) is 1. The Hall–Kier alpha value is -2.41. The van der Waals surface area contributed by atoms with E-state index in [2.05, 4.69) is 5.32 Å². The average molecular weight is 346 g/mol. The molecular weight excluding hydrogens is 324 g/mol. The van der Waals surface area contributed by atoms with Crippen LogP contribution >= 0.6 is 0 Å². The molecule has 1 aliphatic carbocycles. The molecule has 1 saturated carbocycles. The molecule has 7 nitrogen and oxygen atoms in total. The van der Waals surface area contributed by atoms with Gasteiger partial charge in [-0.3, -0.25) is 14.9 Å². The second kappa shape index (κ2) is 6.15. The third-order valence-corrected chi connectivity index (χ3v) is 5.82. The number of hydrogen-bond donors (Lipinski definition) is 3. The van der Waals surface area contributed by atoms with E-state index in [1.54, 1.807) is 0 Å². The quantitative estimate of drug-likeness (QED) is 0.676. The van der Waals surface area contributed by atoms with Gasteiger partial charge in [-0.15, -0.1) is 0 Å². The Morgan fingerprint density at radius 1 is 1.28 bits per heavy atom. The van der Waals surface area contributed by atoms with Crippen LogP contribution in [0.15, 0.2) is 30.3 Å². The minimum atomic E-state index is -1.29. The van der Waals surface area contributed by atoms with Crippen molar-refractivity contribution in [3.8, 4) is 0 Å². The second-order valence-electron chi connectivity index (χ2n) is 6.95. The van der Waals surface area contributed by atoms with Gasteiger partial charge in [0.15, 0.2) is 0 Å². The van der Waals surface area contributed by atoms with Gasteiger partial charge in [0.05, 0.1) is 0 Å². The maximum atomic E-state index is 12.2. The molecule has 1 aromatic rings. The van der Waals surface area contributed by atoms with Crippen molar-refractivity contribution in [1.82, 2.24) is 10.2 Å². The summed E-state index contributed by atoms with van der Waals surface area (Å²) in [5.74, 6) is -2.22. The number of carboxylic acids is 2. The first kappa shape index (κ1) is 17.4. The normalized spacial score (nSPS) is 32.2. The van der Waals surface area contributed by atoms with Crippen LogP contribution in [0.1, 0.15) is 44.2 Å². The van der Waals surface area contributed by atoms with E-state index < -0.39 is 29.1 Å². The van der Waals surface area contributed by atoms with Crippen LogP contribution in [0.25, 0.3) is 0 Å². The van der Waals surface area contributed by atoms with E-state index in [-0.39, 0.29) is 12.5 Å². The number of carboxylic acid groups (broad SMARTS) is 2. The van der Waals surface area contributed by atoms with Crippen molar-refractivity contribution in [3.63, 3.8) is 0 Å². The molecule has 2 fully saturated rings.